The van der Waals surface area contributed by atoms with E-state index in [1.165, 1.54) is 15.5 Å². The SMILES string of the molecule is COc1ccc(N2CC[NH+](CC(=O)N3CC[NH+](CC(=O)NC(C)(C)C)CC3)CC2)cc1. The second-order valence-corrected chi connectivity index (χ2v) is 9.72. The minimum atomic E-state index is -0.200. The molecule has 0 unspecified atom stereocenters. The number of hydrogen-bond donors (Lipinski definition) is 3. The quantitative estimate of drug-likeness (QED) is 0.488. The Morgan fingerprint density at radius 3 is 2.03 bits per heavy atom. The third-order valence-corrected chi connectivity index (χ3v) is 6.06. The molecular formula is C23H39N5O3+2. The molecule has 1 aromatic rings. The predicted molar refractivity (Wildman–Crippen MR) is 121 cm³/mol. The van der Waals surface area contributed by atoms with Crippen LogP contribution in [0, 0.1) is 0 Å². The molecule has 0 bridgehead atoms. The molecule has 2 heterocycles. The minimum Gasteiger partial charge on any atom is -0.497 e. The van der Waals surface area contributed by atoms with Crippen molar-refractivity contribution in [1.82, 2.24) is 10.2 Å². The first-order valence-corrected chi connectivity index (χ1v) is 11.4. The van der Waals surface area contributed by atoms with Crippen LogP contribution in [-0.4, -0.2) is 94.8 Å². The van der Waals surface area contributed by atoms with Crippen LogP contribution in [-0.2, 0) is 9.59 Å². The highest BCUT2D eigenvalue weighted by atomic mass is 16.5. The molecule has 2 saturated heterocycles. The van der Waals surface area contributed by atoms with E-state index < -0.39 is 0 Å². The van der Waals surface area contributed by atoms with Gasteiger partial charge in [0.05, 0.1) is 59.5 Å². The molecule has 172 valence electrons. The first-order valence-electron chi connectivity index (χ1n) is 11.4. The zero-order valence-corrected chi connectivity index (χ0v) is 19.5. The lowest BCUT2D eigenvalue weighted by Gasteiger charge is -2.36. The van der Waals surface area contributed by atoms with Gasteiger partial charge in [0.25, 0.3) is 11.8 Å². The number of carbonyl (C=O) groups excluding carboxylic acids is 2. The Balaban J connectivity index is 1.37. The first-order chi connectivity index (χ1) is 14.7. The number of quaternary nitrogens is 2. The van der Waals surface area contributed by atoms with Crippen molar-refractivity contribution in [3.8, 4) is 5.75 Å². The van der Waals surface area contributed by atoms with Crippen LogP contribution in [0.5, 0.6) is 5.75 Å². The molecule has 2 amide bonds. The van der Waals surface area contributed by atoms with Crippen molar-refractivity contribution in [3.05, 3.63) is 24.3 Å². The Kier molecular flexibility index (Phi) is 7.78. The lowest BCUT2D eigenvalue weighted by molar-refractivity contribution is -0.898. The number of nitrogens with zero attached hydrogens (tertiary/aromatic N) is 2. The van der Waals surface area contributed by atoms with Gasteiger partial charge in [-0.2, -0.15) is 0 Å². The third kappa shape index (κ3) is 7.11. The summed E-state index contributed by atoms with van der Waals surface area (Å²) >= 11 is 0. The zero-order chi connectivity index (χ0) is 22.4. The summed E-state index contributed by atoms with van der Waals surface area (Å²) in [5.74, 6) is 1.20. The van der Waals surface area contributed by atoms with Crippen molar-refractivity contribution < 1.29 is 24.1 Å². The lowest BCUT2D eigenvalue weighted by Crippen LogP contribution is -3.17. The maximum Gasteiger partial charge on any atom is 0.278 e. The van der Waals surface area contributed by atoms with Crippen molar-refractivity contribution >= 4 is 17.5 Å². The highest BCUT2D eigenvalue weighted by molar-refractivity contribution is 5.78. The first kappa shape index (κ1) is 23.3. The molecular weight excluding hydrogens is 394 g/mol. The summed E-state index contributed by atoms with van der Waals surface area (Å²) in [5.41, 5.74) is 1.01. The fraction of sp³-hybridized carbons (Fsp3) is 0.652. The molecule has 0 saturated carbocycles. The van der Waals surface area contributed by atoms with Crippen LogP contribution >= 0.6 is 0 Å². The van der Waals surface area contributed by atoms with Gasteiger partial charge in [0.2, 0.25) is 0 Å². The van der Waals surface area contributed by atoms with Crippen molar-refractivity contribution in [3.63, 3.8) is 0 Å². The summed E-state index contributed by atoms with van der Waals surface area (Å²) in [6.45, 7) is 14.0. The predicted octanol–water partition coefficient (Wildman–Crippen LogP) is -1.96. The average Bonchev–Trinajstić information content (AvgIpc) is 2.73. The maximum atomic E-state index is 12.8. The van der Waals surface area contributed by atoms with Crippen LogP contribution in [0.25, 0.3) is 0 Å². The van der Waals surface area contributed by atoms with Crippen molar-refractivity contribution in [1.29, 1.82) is 0 Å². The average molecular weight is 434 g/mol. The molecule has 8 heteroatoms. The van der Waals surface area contributed by atoms with E-state index in [0.717, 1.165) is 58.1 Å². The molecule has 3 rings (SSSR count). The number of carbonyl (C=O) groups is 2. The van der Waals surface area contributed by atoms with Gasteiger partial charge < -0.3 is 29.7 Å². The van der Waals surface area contributed by atoms with E-state index in [4.69, 9.17) is 4.74 Å². The van der Waals surface area contributed by atoms with E-state index in [2.05, 4.69) is 22.3 Å². The van der Waals surface area contributed by atoms with Gasteiger partial charge in [-0.15, -0.1) is 0 Å². The molecule has 3 N–H and O–H groups in total. The smallest absolute Gasteiger partial charge is 0.278 e. The van der Waals surface area contributed by atoms with E-state index in [-0.39, 0.29) is 17.4 Å². The lowest BCUT2D eigenvalue weighted by atomic mass is 10.1. The Bertz CT molecular complexity index is 731. The molecule has 0 aliphatic carbocycles. The number of amides is 2. The molecule has 31 heavy (non-hydrogen) atoms. The minimum absolute atomic E-state index is 0.0847. The Labute approximate surface area is 186 Å². The van der Waals surface area contributed by atoms with Gasteiger partial charge >= 0.3 is 0 Å². The van der Waals surface area contributed by atoms with Gasteiger partial charge in [0, 0.05) is 11.2 Å². The van der Waals surface area contributed by atoms with Crippen LogP contribution in [0.1, 0.15) is 20.8 Å². The Hall–Kier alpha value is -2.32. The number of benzene rings is 1. The molecule has 2 fully saturated rings. The molecule has 0 aromatic heterocycles. The highest BCUT2D eigenvalue weighted by Gasteiger charge is 2.29. The van der Waals surface area contributed by atoms with Crippen molar-refractivity contribution in [2.24, 2.45) is 0 Å². The molecule has 2 aliphatic rings. The summed E-state index contributed by atoms with van der Waals surface area (Å²) in [7, 11) is 1.68. The number of piperazine rings is 2. The number of rotatable bonds is 6. The van der Waals surface area contributed by atoms with E-state index in [0.29, 0.717) is 13.1 Å². The summed E-state index contributed by atoms with van der Waals surface area (Å²) < 4.78 is 5.23. The van der Waals surface area contributed by atoms with Gasteiger partial charge in [-0.3, -0.25) is 9.59 Å². The fourth-order valence-corrected chi connectivity index (χ4v) is 4.32. The van der Waals surface area contributed by atoms with Crippen LogP contribution in [0.4, 0.5) is 5.69 Å². The topological polar surface area (TPSA) is 70.8 Å². The second kappa shape index (κ2) is 10.3. The van der Waals surface area contributed by atoms with Gasteiger partial charge in [0.1, 0.15) is 5.75 Å². The van der Waals surface area contributed by atoms with E-state index in [1.807, 2.05) is 37.8 Å². The molecule has 2 aliphatic heterocycles. The van der Waals surface area contributed by atoms with Crippen LogP contribution in [0.3, 0.4) is 0 Å². The number of ether oxygens (including phenoxy) is 1. The monoisotopic (exact) mass is 433 g/mol. The number of nitrogens with one attached hydrogen (secondary N) is 3. The van der Waals surface area contributed by atoms with E-state index in [1.54, 1.807) is 7.11 Å². The van der Waals surface area contributed by atoms with Crippen LogP contribution in [0.2, 0.25) is 0 Å². The van der Waals surface area contributed by atoms with Gasteiger partial charge in [-0.25, -0.2) is 0 Å². The van der Waals surface area contributed by atoms with Crippen LogP contribution in [0.15, 0.2) is 24.3 Å². The molecule has 1 aromatic carbocycles. The molecule has 0 spiro atoms. The van der Waals surface area contributed by atoms with Crippen molar-refractivity contribution in [2.75, 3.05) is 77.5 Å². The summed E-state index contributed by atoms with van der Waals surface area (Å²) in [5, 5.41) is 3.02. The number of anilines is 1. The summed E-state index contributed by atoms with van der Waals surface area (Å²) in [6.07, 6.45) is 0. The Morgan fingerprint density at radius 2 is 1.48 bits per heavy atom. The molecule has 0 radical (unpaired) electrons. The fourth-order valence-electron chi connectivity index (χ4n) is 4.32. The van der Waals surface area contributed by atoms with Crippen LogP contribution < -0.4 is 24.8 Å². The van der Waals surface area contributed by atoms with Crippen molar-refractivity contribution in [2.45, 2.75) is 26.3 Å². The molecule has 8 nitrogen and oxygen atoms in total. The number of methoxy groups -OCH3 is 1. The van der Waals surface area contributed by atoms with E-state index >= 15 is 0 Å². The summed E-state index contributed by atoms with van der Waals surface area (Å²) in [6, 6.07) is 8.18. The maximum absolute atomic E-state index is 12.8. The molecule has 0 atom stereocenters. The zero-order valence-electron chi connectivity index (χ0n) is 19.5. The van der Waals surface area contributed by atoms with Gasteiger partial charge in [-0.1, -0.05) is 0 Å². The van der Waals surface area contributed by atoms with Gasteiger partial charge in [0.15, 0.2) is 13.1 Å². The summed E-state index contributed by atoms with van der Waals surface area (Å²) in [4.78, 5) is 31.9. The Morgan fingerprint density at radius 1 is 0.935 bits per heavy atom. The highest BCUT2D eigenvalue weighted by Crippen LogP contribution is 2.18. The second-order valence-electron chi connectivity index (χ2n) is 9.72. The van der Waals surface area contributed by atoms with Gasteiger partial charge in [-0.05, 0) is 45.0 Å². The third-order valence-electron chi connectivity index (χ3n) is 6.06. The normalized spacial score (nSPS) is 18.7. The number of hydrogen-bond acceptors (Lipinski definition) is 4. The standard InChI is InChI=1S/C23H37N5O3/c1-23(2,3)24-21(29)17-25-11-15-28(16-12-25)22(30)18-26-9-13-27(14-10-26)19-5-7-20(31-4)8-6-19/h5-8H,9-18H2,1-4H3,(H,24,29)/p+2. The van der Waals surface area contributed by atoms with E-state index in [9.17, 15) is 9.59 Å². The largest absolute Gasteiger partial charge is 0.497 e.